The molecule has 2 atom stereocenters. The number of hydrogen-bond donors (Lipinski definition) is 1. The minimum atomic E-state index is -1.33. The van der Waals surface area contributed by atoms with E-state index in [1.165, 1.54) is 0 Å². The second-order valence-electron chi connectivity index (χ2n) is 6.47. The van der Waals surface area contributed by atoms with Crippen molar-refractivity contribution in [1.82, 2.24) is 5.32 Å². The molecule has 2 aliphatic carbocycles. The van der Waals surface area contributed by atoms with Gasteiger partial charge in [0, 0.05) is 24.1 Å². The van der Waals surface area contributed by atoms with Crippen LogP contribution in [0.25, 0.3) is 0 Å². The molecular formula is C16H24ClF2NO2. The van der Waals surface area contributed by atoms with E-state index in [0.29, 0.717) is 6.42 Å². The third kappa shape index (κ3) is 4.90. The smallest absolute Gasteiger partial charge is 0.220 e. The highest BCUT2D eigenvalue weighted by molar-refractivity contribution is 6.20. The number of alkyl halides is 3. The summed E-state index contributed by atoms with van der Waals surface area (Å²) in [5, 5.41) is 2.58. The van der Waals surface area contributed by atoms with Crippen LogP contribution in [0, 0.1) is 5.92 Å². The maximum Gasteiger partial charge on any atom is 0.220 e. The van der Waals surface area contributed by atoms with Gasteiger partial charge in [-0.05, 0) is 44.9 Å². The standard InChI is InChI=1S/C16H24ClF2NO2/c17-11-6-4-10(5-7-11)14(21)8-9-15(22)20-16-12(18)2-1-3-13(16)19/h10-13,16H,1-9H2,(H,20,22). The van der Waals surface area contributed by atoms with Crippen LogP contribution >= 0.6 is 11.6 Å². The third-order valence-electron chi connectivity index (χ3n) is 4.78. The minimum absolute atomic E-state index is 0.00950. The van der Waals surface area contributed by atoms with Crippen LogP contribution in [0.2, 0.25) is 0 Å². The molecule has 0 saturated heterocycles. The van der Waals surface area contributed by atoms with Gasteiger partial charge in [0.05, 0.1) is 6.04 Å². The van der Waals surface area contributed by atoms with Gasteiger partial charge in [-0.1, -0.05) is 0 Å². The van der Waals surface area contributed by atoms with Crippen LogP contribution in [0.3, 0.4) is 0 Å². The van der Waals surface area contributed by atoms with E-state index in [1.54, 1.807) is 0 Å². The first kappa shape index (κ1) is 17.6. The Balaban J connectivity index is 1.72. The van der Waals surface area contributed by atoms with Gasteiger partial charge in [-0.3, -0.25) is 9.59 Å². The molecule has 0 heterocycles. The highest BCUT2D eigenvalue weighted by Crippen LogP contribution is 2.29. The molecule has 22 heavy (non-hydrogen) atoms. The van der Waals surface area contributed by atoms with Gasteiger partial charge in [0.1, 0.15) is 18.1 Å². The SMILES string of the molecule is O=C(CCC(=O)C1CCC(Cl)CC1)NC1C(F)CCCC1F. The fourth-order valence-corrected chi connectivity index (χ4v) is 3.60. The molecule has 2 fully saturated rings. The second kappa shape index (κ2) is 8.23. The molecule has 1 N–H and O–H groups in total. The van der Waals surface area contributed by atoms with Crippen LogP contribution in [0.4, 0.5) is 8.78 Å². The number of rotatable bonds is 5. The van der Waals surface area contributed by atoms with Gasteiger partial charge < -0.3 is 5.32 Å². The largest absolute Gasteiger partial charge is 0.347 e. The molecule has 126 valence electrons. The van der Waals surface area contributed by atoms with E-state index in [0.717, 1.165) is 25.7 Å². The topological polar surface area (TPSA) is 46.2 Å². The predicted octanol–water partition coefficient (Wildman–Crippen LogP) is 3.48. The van der Waals surface area contributed by atoms with Gasteiger partial charge in [-0.25, -0.2) is 8.78 Å². The van der Waals surface area contributed by atoms with Crippen LogP contribution in [0.1, 0.15) is 57.8 Å². The Labute approximate surface area is 135 Å². The lowest BCUT2D eigenvalue weighted by atomic mass is 9.84. The van der Waals surface area contributed by atoms with E-state index < -0.39 is 24.3 Å². The maximum absolute atomic E-state index is 13.7. The quantitative estimate of drug-likeness (QED) is 0.782. The van der Waals surface area contributed by atoms with Gasteiger partial charge in [0.15, 0.2) is 0 Å². The first-order valence-electron chi connectivity index (χ1n) is 8.21. The predicted molar refractivity (Wildman–Crippen MR) is 81.4 cm³/mol. The van der Waals surface area contributed by atoms with Gasteiger partial charge >= 0.3 is 0 Å². The lowest BCUT2D eigenvalue weighted by molar-refractivity contribution is -0.128. The molecule has 2 saturated carbocycles. The normalized spacial score (nSPS) is 35.9. The Hall–Kier alpha value is -0.710. The summed E-state index contributed by atoms with van der Waals surface area (Å²) in [6.07, 6.45) is 1.78. The summed E-state index contributed by atoms with van der Waals surface area (Å²) in [5.41, 5.74) is 0. The molecule has 0 aromatic carbocycles. The summed E-state index contributed by atoms with van der Waals surface area (Å²) >= 11 is 6.00. The lowest BCUT2D eigenvalue weighted by Gasteiger charge is -2.30. The highest BCUT2D eigenvalue weighted by Gasteiger charge is 2.34. The van der Waals surface area contributed by atoms with Crippen LogP contribution in [0.5, 0.6) is 0 Å². The van der Waals surface area contributed by atoms with Crippen molar-refractivity contribution < 1.29 is 18.4 Å². The van der Waals surface area contributed by atoms with Crippen molar-refractivity contribution in [3.63, 3.8) is 0 Å². The van der Waals surface area contributed by atoms with Crippen molar-refractivity contribution in [1.29, 1.82) is 0 Å². The number of carbonyl (C=O) groups excluding carboxylic acids is 2. The minimum Gasteiger partial charge on any atom is -0.347 e. The first-order chi connectivity index (χ1) is 10.5. The Kier molecular flexibility index (Phi) is 6.60. The number of halogens is 3. The monoisotopic (exact) mass is 335 g/mol. The fourth-order valence-electron chi connectivity index (χ4n) is 3.35. The van der Waals surface area contributed by atoms with Gasteiger partial charge in [-0.15, -0.1) is 11.6 Å². The number of carbonyl (C=O) groups is 2. The zero-order chi connectivity index (χ0) is 16.1. The fraction of sp³-hybridized carbons (Fsp3) is 0.875. The summed E-state index contributed by atoms with van der Waals surface area (Å²) in [6, 6.07) is -1.05. The number of amides is 1. The van der Waals surface area contributed by atoms with E-state index in [4.69, 9.17) is 11.6 Å². The van der Waals surface area contributed by atoms with E-state index in [-0.39, 0.29) is 42.8 Å². The number of ketones is 1. The average Bonchev–Trinajstić information content (AvgIpc) is 2.49. The van der Waals surface area contributed by atoms with Crippen molar-refractivity contribution in [2.75, 3.05) is 0 Å². The number of Topliss-reactive ketones (excluding diaryl/α,β-unsaturated/α-hetero) is 1. The molecule has 0 aromatic rings. The Bertz CT molecular complexity index is 390. The Morgan fingerprint density at radius 3 is 2.14 bits per heavy atom. The molecule has 0 aliphatic heterocycles. The molecule has 2 rings (SSSR count). The van der Waals surface area contributed by atoms with Crippen LogP contribution in [-0.2, 0) is 9.59 Å². The Morgan fingerprint density at radius 1 is 0.955 bits per heavy atom. The highest BCUT2D eigenvalue weighted by atomic mass is 35.5. The van der Waals surface area contributed by atoms with E-state index in [9.17, 15) is 18.4 Å². The number of nitrogens with one attached hydrogen (secondary N) is 1. The molecule has 0 spiro atoms. The van der Waals surface area contributed by atoms with E-state index in [2.05, 4.69) is 5.32 Å². The van der Waals surface area contributed by atoms with Crippen molar-refractivity contribution >= 4 is 23.3 Å². The van der Waals surface area contributed by atoms with Crippen molar-refractivity contribution in [2.24, 2.45) is 5.92 Å². The van der Waals surface area contributed by atoms with Crippen LogP contribution in [0.15, 0.2) is 0 Å². The van der Waals surface area contributed by atoms with Gasteiger partial charge in [0.2, 0.25) is 5.91 Å². The summed E-state index contributed by atoms with van der Waals surface area (Å²) in [5.74, 6) is -0.382. The van der Waals surface area contributed by atoms with Crippen molar-refractivity contribution in [3.05, 3.63) is 0 Å². The van der Waals surface area contributed by atoms with Crippen molar-refractivity contribution in [2.45, 2.75) is 81.5 Å². The summed E-state index contributed by atoms with van der Waals surface area (Å²) in [6.45, 7) is 0. The average molecular weight is 336 g/mol. The van der Waals surface area contributed by atoms with E-state index >= 15 is 0 Å². The Morgan fingerprint density at radius 2 is 1.55 bits per heavy atom. The first-order valence-corrected chi connectivity index (χ1v) is 8.65. The molecule has 2 unspecified atom stereocenters. The molecule has 1 amide bonds. The van der Waals surface area contributed by atoms with E-state index in [1.807, 2.05) is 0 Å². The molecule has 3 nitrogen and oxygen atoms in total. The molecule has 0 radical (unpaired) electrons. The summed E-state index contributed by atoms with van der Waals surface area (Å²) in [4.78, 5) is 23.9. The van der Waals surface area contributed by atoms with Gasteiger partial charge in [-0.2, -0.15) is 0 Å². The zero-order valence-corrected chi connectivity index (χ0v) is 13.5. The summed E-state index contributed by atoms with van der Waals surface area (Å²) < 4.78 is 27.3. The molecule has 2 aliphatic rings. The third-order valence-corrected chi connectivity index (χ3v) is 5.21. The molecule has 0 aromatic heterocycles. The molecule has 6 heteroatoms. The zero-order valence-electron chi connectivity index (χ0n) is 12.7. The second-order valence-corrected chi connectivity index (χ2v) is 7.09. The lowest BCUT2D eigenvalue weighted by Crippen LogP contribution is -2.50. The molecular weight excluding hydrogens is 312 g/mol. The van der Waals surface area contributed by atoms with Crippen LogP contribution in [-0.4, -0.2) is 35.5 Å². The van der Waals surface area contributed by atoms with Crippen LogP contribution < -0.4 is 5.32 Å². The van der Waals surface area contributed by atoms with Gasteiger partial charge in [0.25, 0.3) is 0 Å². The summed E-state index contributed by atoms with van der Waals surface area (Å²) in [7, 11) is 0. The maximum atomic E-state index is 13.7. The number of hydrogen-bond acceptors (Lipinski definition) is 2. The van der Waals surface area contributed by atoms with Crippen molar-refractivity contribution in [3.8, 4) is 0 Å². The molecule has 0 bridgehead atoms.